The highest BCUT2D eigenvalue weighted by molar-refractivity contribution is 5.90. The third-order valence-corrected chi connectivity index (χ3v) is 4.63. The number of allylic oxidation sites excluding steroid dienone is 2. The minimum absolute atomic E-state index is 0.105. The molecule has 1 aromatic heterocycles. The molecule has 0 unspecified atom stereocenters. The van der Waals surface area contributed by atoms with Crippen molar-refractivity contribution < 1.29 is 4.79 Å². The summed E-state index contributed by atoms with van der Waals surface area (Å²) in [5.74, 6) is 0.105. The second kappa shape index (κ2) is 16.8. The van der Waals surface area contributed by atoms with E-state index in [1.807, 2.05) is 12.1 Å². The van der Waals surface area contributed by atoms with Crippen LogP contribution in [-0.4, -0.2) is 10.9 Å². The van der Waals surface area contributed by atoms with E-state index in [1.54, 1.807) is 12.4 Å². The van der Waals surface area contributed by atoms with Gasteiger partial charge in [0, 0.05) is 24.5 Å². The van der Waals surface area contributed by atoms with Gasteiger partial charge in [-0.25, -0.2) is 0 Å². The molecule has 1 heterocycles. The van der Waals surface area contributed by atoms with Gasteiger partial charge in [0.15, 0.2) is 0 Å². The predicted octanol–water partition coefficient (Wildman–Crippen LogP) is 7.06. The largest absolute Gasteiger partial charge is 0.326 e. The number of rotatable bonds is 16. The van der Waals surface area contributed by atoms with Crippen molar-refractivity contribution in [1.29, 1.82) is 0 Å². The predicted molar refractivity (Wildman–Crippen MR) is 112 cm³/mol. The number of amides is 1. The molecule has 0 saturated carbocycles. The van der Waals surface area contributed by atoms with Gasteiger partial charge in [0.1, 0.15) is 0 Å². The number of unbranched alkanes of at least 4 members (excludes halogenated alkanes) is 11. The van der Waals surface area contributed by atoms with E-state index in [0.717, 1.165) is 18.5 Å². The average Bonchev–Trinajstić information content (AvgIpc) is 2.65. The maximum atomic E-state index is 11.8. The van der Waals surface area contributed by atoms with Gasteiger partial charge >= 0.3 is 0 Å². The molecule has 3 heteroatoms. The van der Waals surface area contributed by atoms with E-state index in [4.69, 9.17) is 0 Å². The van der Waals surface area contributed by atoms with E-state index in [9.17, 15) is 4.79 Å². The van der Waals surface area contributed by atoms with Crippen molar-refractivity contribution in [3.63, 3.8) is 0 Å². The Morgan fingerprint density at radius 2 is 1.38 bits per heavy atom. The number of carbonyl (C=O) groups excluding carboxylic acids is 1. The lowest BCUT2D eigenvalue weighted by molar-refractivity contribution is -0.116. The second-order valence-electron chi connectivity index (χ2n) is 7.12. The molecule has 0 aliphatic rings. The molecule has 1 N–H and O–H groups in total. The SMILES string of the molecule is CCCCCCCC/C=C\CCCCCCCC(=O)Nc1ccncc1. The fraction of sp³-hybridized carbons (Fsp3) is 0.652. The lowest BCUT2D eigenvalue weighted by Crippen LogP contribution is -2.10. The maximum Gasteiger partial charge on any atom is 0.224 e. The Kier molecular flexibility index (Phi) is 14.5. The van der Waals surface area contributed by atoms with Crippen LogP contribution in [0.25, 0.3) is 0 Å². The number of carbonyl (C=O) groups is 1. The molecule has 0 aliphatic heterocycles. The van der Waals surface area contributed by atoms with Gasteiger partial charge in [-0.2, -0.15) is 0 Å². The third-order valence-electron chi connectivity index (χ3n) is 4.63. The highest BCUT2D eigenvalue weighted by atomic mass is 16.1. The second-order valence-corrected chi connectivity index (χ2v) is 7.12. The molecular formula is C23H38N2O. The minimum atomic E-state index is 0.105. The number of hydrogen-bond acceptors (Lipinski definition) is 2. The van der Waals surface area contributed by atoms with E-state index in [-0.39, 0.29) is 5.91 Å². The Morgan fingerprint density at radius 1 is 0.846 bits per heavy atom. The summed E-state index contributed by atoms with van der Waals surface area (Å²) in [6.45, 7) is 2.27. The number of nitrogens with zero attached hydrogens (tertiary/aromatic N) is 1. The molecule has 0 bridgehead atoms. The van der Waals surface area contributed by atoms with Gasteiger partial charge in [-0.15, -0.1) is 0 Å². The number of hydrogen-bond donors (Lipinski definition) is 1. The van der Waals surface area contributed by atoms with Crippen LogP contribution in [0.1, 0.15) is 96.8 Å². The lowest BCUT2D eigenvalue weighted by Gasteiger charge is -2.04. The average molecular weight is 359 g/mol. The number of aromatic nitrogens is 1. The molecule has 26 heavy (non-hydrogen) atoms. The molecular weight excluding hydrogens is 320 g/mol. The summed E-state index contributed by atoms with van der Waals surface area (Å²) in [7, 11) is 0. The van der Waals surface area contributed by atoms with Crippen LogP contribution in [0.4, 0.5) is 5.69 Å². The summed E-state index contributed by atoms with van der Waals surface area (Å²) >= 11 is 0. The molecule has 146 valence electrons. The van der Waals surface area contributed by atoms with Crippen LogP contribution in [0.3, 0.4) is 0 Å². The summed E-state index contributed by atoms with van der Waals surface area (Å²) in [4.78, 5) is 15.7. The van der Waals surface area contributed by atoms with Crippen molar-refractivity contribution in [2.45, 2.75) is 96.8 Å². The molecule has 0 aromatic carbocycles. The van der Waals surface area contributed by atoms with E-state index in [0.29, 0.717) is 6.42 Å². The highest BCUT2D eigenvalue weighted by Gasteiger charge is 2.01. The molecule has 1 rings (SSSR count). The van der Waals surface area contributed by atoms with Crippen LogP contribution < -0.4 is 5.32 Å². The molecule has 0 spiro atoms. The summed E-state index contributed by atoms with van der Waals surface area (Å²) in [6, 6.07) is 3.63. The van der Waals surface area contributed by atoms with Crippen LogP contribution in [0, 0.1) is 0 Å². The molecule has 0 saturated heterocycles. The lowest BCUT2D eigenvalue weighted by atomic mass is 10.1. The number of nitrogens with one attached hydrogen (secondary N) is 1. The Morgan fingerprint density at radius 3 is 2.00 bits per heavy atom. The fourth-order valence-electron chi connectivity index (χ4n) is 3.02. The van der Waals surface area contributed by atoms with E-state index >= 15 is 0 Å². The quantitative estimate of drug-likeness (QED) is 0.254. The van der Waals surface area contributed by atoms with E-state index in [2.05, 4.69) is 29.4 Å². The van der Waals surface area contributed by atoms with Crippen molar-refractivity contribution in [3.05, 3.63) is 36.7 Å². The summed E-state index contributed by atoms with van der Waals surface area (Å²) in [6.07, 6.45) is 25.3. The zero-order valence-electron chi connectivity index (χ0n) is 16.7. The maximum absolute atomic E-state index is 11.8. The van der Waals surface area contributed by atoms with E-state index in [1.165, 1.54) is 70.6 Å². The highest BCUT2D eigenvalue weighted by Crippen LogP contribution is 2.11. The van der Waals surface area contributed by atoms with Crippen molar-refractivity contribution in [2.24, 2.45) is 0 Å². The molecule has 3 nitrogen and oxygen atoms in total. The molecule has 1 amide bonds. The molecule has 0 aliphatic carbocycles. The van der Waals surface area contributed by atoms with Crippen LogP contribution in [0.2, 0.25) is 0 Å². The Balaban J connectivity index is 1.83. The Hall–Kier alpha value is -1.64. The summed E-state index contributed by atoms with van der Waals surface area (Å²) < 4.78 is 0. The standard InChI is InChI=1S/C23H38N2O/c1-2-3-4-5-6-7-8-9-10-11-12-13-14-15-16-17-23(26)25-22-18-20-24-21-19-22/h9-10,18-21H,2-8,11-17H2,1H3,(H,24,25,26)/b10-9-. The van der Waals surface area contributed by atoms with E-state index < -0.39 is 0 Å². The zero-order valence-corrected chi connectivity index (χ0v) is 16.7. The first-order valence-corrected chi connectivity index (χ1v) is 10.7. The van der Waals surface area contributed by atoms with Crippen molar-refractivity contribution in [3.8, 4) is 0 Å². The van der Waals surface area contributed by atoms with Crippen molar-refractivity contribution >= 4 is 11.6 Å². The van der Waals surface area contributed by atoms with Gasteiger partial charge in [-0.3, -0.25) is 9.78 Å². The van der Waals surface area contributed by atoms with Gasteiger partial charge in [-0.1, -0.05) is 70.4 Å². The first-order valence-electron chi connectivity index (χ1n) is 10.7. The van der Waals surface area contributed by atoms with Crippen molar-refractivity contribution in [1.82, 2.24) is 4.98 Å². The van der Waals surface area contributed by atoms with Gasteiger partial charge in [0.25, 0.3) is 0 Å². The van der Waals surface area contributed by atoms with Crippen molar-refractivity contribution in [2.75, 3.05) is 5.32 Å². The minimum Gasteiger partial charge on any atom is -0.326 e. The first kappa shape index (κ1) is 22.4. The Bertz CT molecular complexity index is 470. The molecule has 0 fully saturated rings. The molecule has 1 aromatic rings. The topological polar surface area (TPSA) is 42.0 Å². The Labute approximate surface area is 160 Å². The zero-order chi connectivity index (χ0) is 18.7. The summed E-state index contributed by atoms with van der Waals surface area (Å²) in [5, 5.41) is 2.90. The van der Waals surface area contributed by atoms with Crippen LogP contribution in [-0.2, 0) is 4.79 Å². The number of pyridine rings is 1. The normalized spacial score (nSPS) is 11.1. The van der Waals surface area contributed by atoms with Gasteiger partial charge in [0.05, 0.1) is 0 Å². The van der Waals surface area contributed by atoms with Gasteiger partial charge in [0.2, 0.25) is 5.91 Å². The van der Waals surface area contributed by atoms with Crippen LogP contribution in [0.5, 0.6) is 0 Å². The third kappa shape index (κ3) is 13.6. The smallest absolute Gasteiger partial charge is 0.224 e. The fourth-order valence-corrected chi connectivity index (χ4v) is 3.02. The first-order chi connectivity index (χ1) is 12.8. The monoisotopic (exact) mass is 358 g/mol. The number of anilines is 1. The van der Waals surface area contributed by atoms with Gasteiger partial charge < -0.3 is 5.32 Å². The molecule has 0 atom stereocenters. The summed E-state index contributed by atoms with van der Waals surface area (Å²) in [5.41, 5.74) is 0.831. The van der Waals surface area contributed by atoms with Crippen LogP contribution >= 0.6 is 0 Å². The van der Waals surface area contributed by atoms with Crippen LogP contribution in [0.15, 0.2) is 36.7 Å². The van der Waals surface area contributed by atoms with Gasteiger partial charge in [-0.05, 0) is 44.2 Å². The molecule has 0 radical (unpaired) electrons.